The zero-order valence-corrected chi connectivity index (χ0v) is 20.7. The highest BCUT2D eigenvalue weighted by Crippen LogP contribution is 2.44. The third-order valence-corrected chi connectivity index (χ3v) is 6.86. The topological polar surface area (TPSA) is 27.7 Å². The van der Waals surface area contributed by atoms with Gasteiger partial charge in [0.05, 0.1) is 19.3 Å². The van der Waals surface area contributed by atoms with Crippen LogP contribution in [0.4, 0.5) is 8.78 Å². The highest BCUT2D eigenvalue weighted by Gasteiger charge is 2.58. The minimum Gasteiger partial charge on any atom is -0.366 e. The van der Waals surface area contributed by atoms with Crippen molar-refractivity contribution in [2.45, 2.75) is 43.4 Å². The third-order valence-electron chi connectivity index (χ3n) is 6.86. The number of hydrogen-bond acceptors (Lipinski definition) is 3. The third kappa shape index (κ3) is 5.08. The fourth-order valence-electron chi connectivity index (χ4n) is 5.04. The SMILES string of the molecule is C[C@@H](OC(c1ccccc1)(c1ccccc1)c1ccccc1)[C@H]1OC[C@@H](OCc2ccccc2)C1(F)F. The molecule has 0 saturated carbocycles. The van der Waals surface area contributed by atoms with E-state index in [2.05, 4.69) is 0 Å². The Bertz CT molecular complexity index is 1150. The van der Waals surface area contributed by atoms with Crippen LogP contribution in [0, 0.1) is 0 Å². The van der Waals surface area contributed by atoms with E-state index in [1.165, 1.54) is 0 Å². The molecule has 5 rings (SSSR count). The van der Waals surface area contributed by atoms with Crippen LogP contribution >= 0.6 is 0 Å². The second-order valence-corrected chi connectivity index (χ2v) is 9.32. The predicted molar refractivity (Wildman–Crippen MR) is 139 cm³/mol. The molecule has 1 aliphatic rings. The fourth-order valence-corrected chi connectivity index (χ4v) is 5.04. The van der Waals surface area contributed by atoms with E-state index in [-0.39, 0.29) is 13.2 Å². The number of alkyl halides is 2. The van der Waals surface area contributed by atoms with Crippen molar-refractivity contribution >= 4 is 0 Å². The second-order valence-electron chi connectivity index (χ2n) is 9.32. The fraction of sp³-hybridized carbons (Fsp3) is 0.250. The van der Waals surface area contributed by atoms with Crippen molar-refractivity contribution in [3.8, 4) is 0 Å². The lowest BCUT2D eigenvalue weighted by Gasteiger charge is -2.40. The number of rotatable bonds is 9. The van der Waals surface area contributed by atoms with E-state index < -0.39 is 29.8 Å². The van der Waals surface area contributed by atoms with E-state index in [1.807, 2.05) is 121 Å². The Hall–Kier alpha value is -3.38. The van der Waals surface area contributed by atoms with E-state index in [1.54, 1.807) is 6.92 Å². The number of ether oxygens (including phenoxy) is 3. The summed E-state index contributed by atoms with van der Waals surface area (Å²) in [6.07, 6.45) is -3.78. The van der Waals surface area contributed by atoms with Crippen LogP contribution in [0.15, 0.2) is 121 Å². The maximum absolute atomic E-state index is 15.7. The van der Waals surface area contributed by atoms with E-state index in [0.29, 0.717) is 0 Å². The molecule has 0 N–H and O–H groups in total. The summed E-state index contributed by atoms with van der Waals surface area (Å²) in [5.41, 5.74) is 2.25. The molecular formula is C32H30F2O3. The normalized spacial score (nSPS) is 20.0. The molecule has 0 bridgehead atoms. The molecule has 1 aliphatic heterocycles. The summed E-state index contributed by atoms with van der Waals surface area (Å²) in [4.78, 5) is 0. The minimum absolute atomic E-state index is 0.0917. The van der Waals surface area contributed by atoms with Crippen molar-refractivity contribution in [1.82, 2.24) is 0 Å². The molecule has 0 radical (unpaired) electrons. The van der Waals surface area contributed by atoms with Gasteiger partial charge in [0.25, 0.3) is 0 Å². The Balaban J connectivity index is 1.48. The molecule has 0 spiro atoms. The largest absolute Gasteiger partial charge is 0.366 e. The minimum atomic E-state index is -3.23. The van der Waals surface area contributed by atoms with Gasteiger partial charge in [-0.25, -0.2) is 8.78 Å². The molecule has 0 aromatic heterocycles. The first-order chi connectivity index (χ1) is 18.0. The molecule has 3 atom stereocenters. The van der Waals surface area contributed by atoms with E-state index >= 15 is 8.78 Å². The van der Waals surface area contributed by atoms with Crippen LogP contribution < -0.4 is 0 Å². The van der Waals surface area contributed by atoms with Gasteiger partial charge < -0.3 is 14.2 Å². The first-order valence-corrected chi connectivity index (χ1v) is 12.5. The first-order valence-electron chi connectivity index (χ1n) is 12.5. The van der Waals surface area contributed by atoms with E-state index in [0.717, 1.165) is 22.3 Å². The number of halogens is 2. The number of benzene rings is 4. The van der Waals surface area contributed by atoms with Gasteiger partial charge in [0.15, 0.2) is 0 Å². The van der Waals surface area contributed by atoms with Crippen LogP contribution in [0.3, 0.4) is 0 Å². The van der Waals surface area contributed by atoms with Crippen LogP contribution in [0.2, 0.25) is 0 Å². The predicted octanol–water partition coefficient (Wildman–Crippen LogP) is 7.00. The molecule has 3 nitrogen and oxygen atoms in total. The lowest BCUT2D eigenvalue weighted by Crippen LogP contribution is -2.48. The van der Waals surface area contributed by atoms with Crippen LogP contribution in [0.1, 0.15) is 29.2 Å². The van der Waals surface area contributed by atoms with Crippen molar-refractivity contribution in [1.29, 1.82) is 0 Å². The first kappa shape index (κ1) is 25.3. The van der Waals surface area contributed by atoms with Gasteiger partial charge in [0.1, 0.15) is 17.8 Å². The highest BCUT2D eigenvalue weighted by atomic mass is 19.3. The van der Waals surface area contributed by atoms with Gasteiger partial charge in [-0.2, -0.15) is 0 Å². The van der Waals surface area contributed by atoms with Gasteiger partial charge in [-0.05, 0) is 29.2 Å². The zero-order chi connectivity index (χ0) is 25.7. The molecule has 190 valence electrons. The Labute approximate surface area is 216 Å². The van der Waals surface area contributed by atoms with Gasteiger partial charge in [0.2, 0.25) is 0 Å². The van der Waals surface area contributed by atoms with Crippen LogP contribution in [0.25, 0.3) is 0 Å². The molecule has 4 aromatic rings. The standard InChI is InChI=1S/C32H30F2O3/c1-24(30-32(33,34)29(23-36-30)35-22-25-14-6-2-7-15-25)37-31(26-16-8-3-9-17-26,27-18-10-4-11-19-27)28-20-12-5-13-21-28/h2-21,24,29-30H,22-23H2,1H3/t24-,29-,30-/m1/s1. The molecule has 37 heavy (non-hydrogen) atoms. The van der Waals surface area contributed by atoms with Crippen LogP contribution in [-0.2, 0) is 26.4 Å². The van der Waals surface area contributed by atoms with Gasteiger partial charge in [-0.3, -0.25) is 0 Å². The summed E-state index contributed by atoms with van der Waals surface area (Å²) < 4.78 is 49.4. The van der Waals surface area contributed by atoms with Gasteiger partial charge in [0, 0.05) is 0 Å². The van der Waals surface area contributed by atoms with Gasteiger partial charge >= 0.3 is 5.92 Å². The molecule has 0 aliphatic carbocycles. The Morgan fingerprint density at radius 1 is 0.757 bits per heavy atom. The van der Waals surface area contributed by atoms with Crippen molar-refractivity contribution in [3.05, 3.63) is 144 Å². The molecule has 1 fully saturated rings. The summed E-state index contributed by atoms with van der Waals surface area (Å²) in [7, 11) is 0. The molecule has 1 heterocycles. The maximum atomic E-state index is 15.7. The highest BCUT2D eigenvalue weighted by molar-refractivity contribution is 5.47. The van der Waals surface area contributed by atoms with E-state index in [9.17, 15) is 0 Å². The van der Waals surface area contributed by atoms with Crippen molar-refractivity contribution in [2.24, 2.45) is 0 Å². The lowest BCUT2D eigenvalue weighted by atomic mass is 9.79. The smallest absolute Gasteiger partial charge is 0.304 e. The zero-order valence-electron chi connectivity index (χ0n) is 20.7. The lowest BCUT2D eigenvalue weighted by molar-refractivity contribution is -0.182. The Morgan fingerprint density at radius 2 is 1.19 bits per heavy atom. The monoisotopic (exact) mass is 500 g/mol. The summed E-state index contributed by atoms with van der Waals surface area (Å²) in [5, 5.41) is 0. The van der Waals surface area contributed by atoms with Gasteiger partial charge in [-0.1, -0.05) is 121 Å². The maximum Gasteiger partial charge on any atom is 0.304 e. The summed E-state index contributed by atoms with van der Waals surface area (Å²) in [5.74, 6) is -3.23. The molecule has 4 aromatic carbocycles. The molecule has 0 amide bonds. The van der Waals surface area contributed by atoms with Crippen molar-refractivity contribution in [2.75, 3.05) is 6.61 Å². The Kier molecular flexibility index (Phi) is 7.47. The molecule has 1 saturated heterocycles. The summed E-state index contributed by atoms with van der Waals surface area (Å²) in [6, 6.07) is 38.4. The Morgan fingerprint density at radius 3 is 1.65 bits per heavy atom. The van der Waals surface area contributed by atoms with Crippen LogP contribution in [0.5, 0.6) is 0 Å². The average molecular weight is 501 g/mol. The van der Waals surface area contributed by atoms with E-state index in [4.69, 9.17) is 14.2 Å². The van der Waals surface area contributed by atoms with Gasteiger partial charge in [-0.15, -0.1) is 0 Å². The van der Waals surface area contributed by atoms with Crippen LogP contribution in [-0.4, -0.2) is 30.8 Å². The summed E-state index contributed by atoms with van der Waals surface area (Å²) in [6.45, 7) is 1.54. The quantitative estimate of drug-likeness (QED) is 0.232. The van der Waals surface area contributed by atoms with Crippen molar-refractivity contribution < 1.29 is 23.0 Å². The molecule has 5 heteroatoms. The number of hydrogen-bond donors (Lipinski definition) is 0. The average Bonchev–Trinajstić information content (AvgIpc) is 3.26. The van der Waals surface area contributed by atoms with Crippen molar-refractivity contribution in [3.63, 3.8) is 0 Å². The molecular weight excluding hydrogens is 470 g/mol. The molecule has 0 unspecified atom stereocenters. The summed E-state index contributed by atoms with van der Waals surface area (Å²) >= 11 is 0. The second kappa shape index (κ2) is 10.9.